The third-order valence-electron chi connectivity index (χ3n) is 3.52. The van der Waals surface area contributed by atoms with E-state index < -0.39 is 23.8 Å². The molecule has 1 saturated heterocycles. The first kappa shape index (κ1) is 14.6. The molecule has 4 nitrogen and oxygen atoms in total. The van der Waals surface area contributed by atoms with E-state index in [4.69, 9.17) is 0 Å². The van der Waals surface area contributed by atoms with Gasteiger partial charge in [-0.05, 0) is 30.9 Å². The van der Waals surface area contributed by atoms with Gasteiger partial charge in [-0.3, -0.25) is 0 Å². The molecule has 0 spiro atoms. The maximum Gasteiger partial charge on any atom is 0.417 e. The van der Waals surface area contributed by atoms with Crippen LogP contribution in [-0.2, 0) is 11.0 Å². The average Bonchev–Trinajstić information content (AvgIpc) is 2.37. The predicted molar refractivity (Wildman–Crippen MR) is 66.4 cm³/mol. The van der Waals surface area contributed by atoms with E-state index in [0.29, 0.717) is 13.0 Å². The van der Waals surface area contributed by atoms with Gasteiger partial charge in [0.25, 0.3) is 0 Å². The summed E-state index contributed by atoms with van der Waals surface area (Å²) in [5.41, 5.74) is -0.835. The third kappa shape index (κ3) is 3.02. The van der Waals surface area contributed by atoms with Gasteiger partial charge in [-0.2, -0.15) is 13.2 Å². The molecule has 2 unspecified atom stereocenters. The van der Waals surface area contributed by atoms with Crippen molar-refractivity contribution in [3.63, 3.8) is 0 Å². The van der Waals surface area contributed by atoms with Crippen LogP contribution in [0, 0.1) is 5.92 Å². The predicted octanol–water partition coefficient (Wildman–Crippen LogP) is 2.79. The van der Waals surface area contributed by atoms with E-state index in [1.54, 1.807) is 4.90 Å². The number of pyridine rings is 1. The van der Waals surface area contributed by atoms with Crippen LogP contribution in [0.5, 0.6) is 0 Å². The highest BCUT2D eigenvalue weighted by atomic mass is 19.4. The number of hydrogen-bond acceptors (Lipinski definition) is 3. The summed E-state index contributed by atoms with van der Waals surface area (Å²) in [4.78, 5) is 16.6. The van der Waals surface area contributed by atoms with Crippen molar-refractivity contribution < 1.29 is 23.1 Å². The molecule has 0 radical (unpaired) electrons. The third-order valence-corrected chi connectivity index (χ3v) is 3.52. The Kier molecular flexibility index (Phi) is 3.87. The summed E-state index contributed by atoms with van der Waals surface area (Å²) in [7, 11) is 0. The zero-order valence-corrected chi connectivity index (χ0v) is 10.9. The van der Waals surface area contributed by atoms with Gasteiger partial charge < -0.3 is 10.0 Å². The molecule has 1 fully saturated rings. The van der Waals surface area contributed by atoms with Crippen molar-refractivity contribution in [1.29, 1.82) is 0 Å². The van der Waals surface area contributed by atoms with Gasteiger partial charge in [-0.15, -0.1) is 0 Å². The number of aromatic nitrogens is 1. The molecule has 0 aliphatic carbocycles. The van der Waals surface area contributed by atoms with Crippen molar-refractivity contribution in [3.05, 3.63) is 23.9 Å². The summed E-state index contributed by atoms with van der Waals surface area (Å²) < 4.78 is 37.4. The van der Waals surface area contributed by atoms with Crippen molar-refractivity contribution in [1.82, 2.24) is 4.98 Å². The Balaban J connectivity index is 2.23. The number of alkyl halides is 3. The molecule has 20 heavy (non-hydrogen) atoms. The van der Waals surface area contributed by atoms with Gasteiger partial charge in [-0.1, -0.05) is 6.92 Å². The molecule has 0 aromatic carbocycles. The minimum absolute atomic E-state index is 0.275. The number of carboxylic acids is 1. The number of nitrogens with zero attached hydrogens (tertiary/aromatic N) is 2. The Morgan fingerprint density at radius 2 is 2.15 bits per heavy atom. The quantitative estimate of drug-likeness (QED) is 0.909. The van der Waals surface area contributed by atoms with Gasteiger partial charge in [0.05, 0.1) is 5.56 Å². The zero-order chi connectivity index (χ0) is 14.9. The van der Waals surface area contributed by atoms with Crippen LogP contribution in [0.2, 0.25) is 0 Å². The summed E-state index contributed by atoms with van der Waals surface area (Å²) in [6.45, 7) is 2.45. The highest BCUT2D eigenvalue weighted by Crippen LogP contribution is 2.31. The topological polar surface area (TPSA) is 53.4 Å². The number of piperidine rings is 1. The molecule has 2 atom stereocenters. The van der Waals surface area contributed by atoms with Gasteiger partial charge in [0.15, 0.2) is 0 Å². The monoisotopic (exact) mass is 288 g/mol. The lowest BCUT2D eigenvalue weighted by Crippen LogP contribution is -2.47. The van der Waals surface area contributed by atoms with E-state index in [1.165, 1.54) is 6.07 Å². The van der Waals surface area contributed by atoms with Gasteiger partial charge in [0.1, 0.15) is 11.9 Å². The average molecular weight is 288 g/mol. The number of halogens is 3. The highest BCUT2D eigenvalue weighted by molar-refractivity contribution is 5.78. The lowest BCUT2D eigenvalue weighted by atomic mass is 9.92. The van der Waals surface area contributed by atoms with Gasteiger partial charge >= 0.3 is 12.1 Å². The first-order valence-corrected chi connectivity index (χ1v) is 6.31. The standard InChI is InChI=1S/C13H15F3N2O2/c1-8-4-5-18(10(6-8)12(19)20)11-3-2-9(7-17-11)13(14,15)16/h2-3,7-8,10H,4-6H2,1H3,(H,19,20). The van der Waals surface area contributed by atoms with Gasteiger partial charge in [0.2, 0.25) is 0 Å². The van der Waals surface area contributed by atoms with E-state index >= 15 is 0 Å². The van der Waals surface area contributed by atoms with Crippen molar-refractivity contribution in [2.45, 2.75) is 32.0 Å². The van der Waals surface area contributed by atoms with E-state index in [9.17, 15) is 23.1 Å². The second-order valence-corrected chi connectivity index (χ2v) is 5.08. The van der Waals surface area contributed by atoms with Crippen LogP contribution in [0.1, 0.15) is 25.3 Å². The largest absolute Gasteiger partial charge is 0.480 e. The molecule has 110 valence electrons. The SMILES string of the molecule is CC1CCN(c2ccc(C(F)(F)F)cn2)C(C(=O)O)C1. The zero-order valence-electron chi connectivity index (χ0n) is 10.9. The van der Waals surface area contributed by atoms with E-state index in [-0.39, 0.29) is 11.7 Å². The molecule has 0 saturated carbocycles. The van der Waals surface area contributed by atoms with Crippen LogP contribution in [-0.4, -0.2) is 28.6 Å². The smallest absolute Gasteiger partial charge is 0.417 e. The minimum atomic E-state index is -4.44. The first-order valence-electron chi connectivity index (χ1n) is 6.31. The molecule has 1 aliphatic heterocycles. The summed E-state index contributed by atoms with van der Waals surface area (Å²) >= 11 is 0. The maximum atomic E-state index is 12.5. The number of aliphatic carboxylic acids is 1. The molecular weight excluding hydrogens is 273 g/mol. The molecule has 2 rings (SSSR count). The summed E-state index contributed by atoms with van der Waals surface area (Å²) in [5.74, 6) is -0.419. The number of carbonyl (C=O) groups is 1. The van der Waals surface area contributed by atoms with Crippen LogP contribution >= 0.6 is 0 Å². The van der Waals surface area contributed by atoms with Crippen molar-refractivity contribution in [2.24, 2.45) is 5.92 Å². The Hall–Kier alpha value is -1.79. The lowest BCUT2D eigenvalue weighted by molar-refractivity contribution is -0.140. The molecule has 0 amide bonds. The first-order chi connectivity index (χ1) is 9.29. The molecule has 1 aliphatic rings. The molecular formula is C13H15F3N2O2. The van der Waals surface area contributed by atoms with Gasteiger partial charge in [0, 0.05) is 12.7 Å². The number of rotatable bonds is 2. The fourth-order valence-corrected chi connectivity index (χ4v) is 2.37. The Morgan fingerprint density at radius 3 is 2.65 bits per heavy atom. The molecule has 1 aromatic rings. The summed E-state index contributed by atoms with van der Waals surface area (Å²) in [6.07, 6.45) is -2.43. The molecule has 1 N–H and O–H groups in total. The second kappa shape index (κ2) is 5.30. The minimum Gasteiger partial charge on any atom is -0.480 e. The van der Waals surface area contributed by atoms with Crippen molar-refractivity contribution in [2.75, 3.05) is 11.4 Å². The Morgan fingerprint density at radius 1 is 1.45 bits per heavy atom. The van der Waals surface area contributed by atoms with Crippen LogP contribution in [0.4, 0.5) is 19.0 Å². The maximum absolute atomic E-state index is 12.5. The van der Waals surface area contributed by atoms with Crippen molar-refractivity contribution in [3.8, 4) is 0 Å². The fraction of sp³-hybridized carbons (Fsp3) is 0.538. The van der Waals surface area contributed by atoms with E-state index in [0.717, 1.165) is 18.7 Å². The number of hydrogen-bond donors (Lipinski definition) is 1. The van der Waals surface area contributed by atoms with Crippen molar-refractivity contribution >= 4 is 11.8 Å². The van der Waals surface area contributed by atoms with Crippen LogP contribution < -0.4 is 4.90 Å². The van der Waals surface area contributed by atoms with Crippen LogP contribution in [0.25, 0.3) is 0 Å². The molecule has 1 aromatic heterocycles. The summed E-state index contributed by atoms with van der Waals surface area (Å²) in [6, 6.07) is 1.43. The molecule has 7 heteroatoms. The van der Waals surface area contributed by atoms with Crippen LogP contribution in [0.3, 0.4) is 0 Å². The Labute approximate surface area is 114 Å². The molecule has 0 bridgehead atoms. The summed E-state index contributed by atoms with van der Waals surface area (Å²) in [5, 5.41) is 9.22. The van der Waals surface area contributed by atoms with E-state index in [1.807, 2.05) is 6.92 Å². The van der Waals surface area contributed by atoms with Gasteiger partial charge in [-0.25, -0.2) is 9.78 Å². The van der Waals surface area contributed by atoms with Crippen LogP contribution in [0.15, 0.2) is 18.3 Å². The highest BCUT2D eigenvalue weighted by Gasteiger charge is 2.34. The fourth-order valence-electron chi connectivity index (χ4n) is 2.37. The number of carboxylic acid groups (broad SMARTS) is 1. The normalized spacial score (nSPS) is 23.7. The van der Waals surface area contributed by atoms with E-state index in [2.05, 4.69) is 4.98 Å². The second-order valence-electron chi connectivity index (χ2n) is 5.08. The number of anilines is 1. The lowest BCUT2D eigenvalue weighted by Gasteiger charge is -2.36. The molecule has 2 heterocycles. The Bertz CT molecular complexity index is 487.